The molecule has 4 heteroatoms. The number of benzene rings is 1. The van der Waals surface area contributed by atoms with Crippen molar-refractivity contribution in [3.05, 3.63) is 29.8 Å². The fourth-order valence-corrected chi connectivity index (χ4v) is 1.93. The molecular formula is C16H26N2O2. The number of ether oxygens (including phenoxy) is 1. The van der Waals surface area contributed by atoms with Crippen LogP contribution in [0.2, 0.25) is 0 Å². The van der Waals surface area contributed by atoms with Gasteiger partial charge in [0.2, 0.25) is 0 Å². The molecule has 0 amide bonds. The van der Waals surface area contributed by atoms with E-state index in [0.717, 1.165) is 12.8 Å². The fraction of sp³-hybridized carbons (Fsp3) is 0.562. The van der Waals surface area contributed by atoms with Gasteiger partial charge in [-0.15, -0.1) is 0 Å². The topological polar surface area (TPSA) is 64.3 Å². The van der Waals surface area contributed by atoms with E-state index in [4.69, 9.17) is 10.5 Å². The monoisotopic (exact) mass is 278 g/mol. The van der Waals surface area contributed by atoms with Crippen LogP contribution in [0.5, 0.6) is 0 Å². The molecule has 0 heterocycles. The zero-order valence-electron chi connectivity index (χ0n) is 12.9. The molecule has 0 saturated heterocycles. The molecule has 0 radical (unpaired) electrons. The molecule has 0 unspecified atom stereocenters. The average molecular weight is 278 g/mol. The third-order valence-corrected chi connectivity index (χ3v) is 3.32. The van der Waals surface area contributed by atoms with Crippen molar-refractivity contribution in [2.24, 2.45) is 0 Å². The Morgan fingerprint density at radius 1 is 1.25 bits per heavy atom. The van der Waals surface area contributed by atoms with Crippen molar-refractivity contribution in [3.8, 4) is 0 Å². The summed E-state index contributed by atoms with van der Waals surface area (Å²) in [5.41, 5.74) is 6.22. The van der Waals surface area contributed by atoms with Gasteiger partial charge in [-0.25, -0.2) is 4.79 Å². The Hall–Kier alpha value is -1.55. The highest BCUT2D eigenvalue weighted by molar-refractivity contribution is 5.90. The summed E-state index contributed by atoms with van der Waals surface area (Å²) >= 11 is 0. The molecule has 0 fully saturated rings. The molecule has 112 valence electrons. The minimum Gasteiger partial charge on any atom is -0.455 e. The number of nitrogen functional groups attached to an aromatic ring is 1. The largest absolute Gasteiger partial charge is 0.455 e. The molecule has 0 bridgehead atoms. The first-order valence-corrected chi connectivity index (χ1v) is 7.20. The zero-order chi connectivity index (χ0) is 15.2. The maximum atomic E-state index is 12.1. The Labute approximate surface area is 121 Å². The quantitative estimate of drug-likeness (QED) is 0.594. The number of carbonyl (C=O) groups excluding carboxylic acids is 1. The van der Waals surface area contributed by atoms with Gasteiger partial charge in [0.15, 0.2) is 0 Å². The second kappa shape index (κ2) is 7.29. The predicted octanol–water partition coefficient (Wildman–Crippen LogP) is 2.98. The first-order chi connectivity index (χ1) is 9.38. The van der Waals surface area contributed by atoms with E-state index in [-0.39, 0.29) is 5.97 Å². The molecule has 20 heavy (non-hydrogen) atoms. The Morgan fingerprint density at radius 2 is 1.80 bits per heavy atom. The molecule has 0 aromatic heterocycles. The zero-order valence-corrected chi connectivity index (χ0v) is 12.9. The van der Waals surface area contributed by atoms with Gasteiger partial charge in [-0.2, -0.15) is 0 Å². The van der Waals surface area contributed by atoms with Crippen LogP contribution in [0.15, 0.2) is 24.3 Å². The van der Waals surface area contributed by atoms with Crippen LogP contribution in [0, 0.1) is 0 Å². The van der Waals surface area contributed by atoms with Crippen molar-refractivity contribution >= 4 is 11.7 Å². The summed E-state index contributed by atoms with van der Waals surface area (Å²) in [7, 11) is 0. The normalized spacial score (nSPS) is 11.7. The van der Waals surface area contributed by atoms with Crippen LogP contribution in [0.3, 0.4) is 0 Å². The van der Waals surface area contributed by atoms with Crippen molar-refractivity contribution in [1.82, 2.24) is 5.32 Å². The van der Waals surface area contributed by atoms with Crippen molar-refractivity contribution in [2.45, 2.75) is 52.2 Å². The van der Waals surface area contributed by atoms with Crippen LogP contribution >= 0.6 is 0 Å². The van der Waals surface area contributed by atoms with Crippen LogP contribution in [-0.4, -0.2) is 24.2 Å². The fourth-order valence-electron chi connectivity index (χ4n) is 1.93. The van der Waals surface area contributed by atoms with Gasteiger partial charge in [0, 0.05) is 18.3 Å². The molecule has 0 spiro atoms. The van der Waals surface area contributed by atoms with Crippen molar-refractivity contribution in [2.75, 3.05) is 12.3 Å². The first kappa shape index (κ1) is 16.5. The van der Waals surface area contributed by atoms with Gasteiger partial charge in [-0.3, -0.25) is 0 Å². The van der Waals surface area contributed by atoms with E-state index in [1.165, 1.54) is 0 Å². The Bertz CT molecular complexity index is 423. The van der Waals surface area contributed by atoms with Crippen molar-refractivity contribution < 1.29 is 9.53 Å². The lowest BCUT2D eigenvalue weighted by molar-refractivity contribution is -0.00157. The van der Waals surface area contributed by atoms with E-state index in [2.05, 4.69) is 19.2 Å². The molecule has 1 aromatic rings. The number of rotatable bonds is 7. The Balaban J connectivity index is 2.56. The van der Waals surface area contributed by atoms with Crippen LogP contribution in [0.4, 0.5) is 5.69 Å². The number of hydrogen-bond acceptors (Lipinski definition) is 4. The van der Waals surface area contributed by atoms with E-state index in [1.54, 1.807) is 24.3 Å². The molecule has 1 aromatic carbocycles. The van der Waals surface area contributed by atoms with Gasteiger partial charge in [-0.05, 0) is 51.0 Å². The molecule has 0 saturated carbocycles. The number of carbonyl (C=O) groups is 1. The summed E-state index contributed by atoms with van der Waals surface area (Å²) in [6.07, 6.45) is 2.14. The smallest absolute Gasteiger partial charge is 0.338 e. The van der Waals surface area contributed by atoms with Gasteiger partial charge in [0.05, 0.1) is 5.56 Å². The molecule has 3 N–H and O–H groups in total. The van der Waals surface area contributed by atoms with Crippen molar-refractivity contribution in [1.29, 1.82) is 0 Å². The third-order valence-electron chi connectivity index (χ3n) is 3.32. The molecule has 0 aliphatic heterocycles. The summed E-state index contributed by atoms with van der Waals surface area (Å²) in [5.74, 6) is -0.318. The number of anilines is 1. The molecule has 0 aliphatic rings. The number of esters is 1. The lowest BCUT2D eigenvalue weighted by atomic mass is 10.1. The van der Waals surface area contributed by atoms with Gasteiger partial charge in [-0.1, -0.05) is 13.8 Å². The minimum absolute atomic E-state index is 0.318. The Kier molecular flexibility index (Phi) is 6.02. The van der Waals surface area contributed by atoms with E-state index in [1.807, 2.05) is 13.8 Å². The highest BCUT2D eigenvalue weighted by atomic mass is 16.6. The van der Waals surface area contributed by atoms with Crippen LogP contribution in [0.25, 0.3) is 0 Å². The Morgan fingerprint density at radius 3 is 2.30 bits per heavy atom. The van der Waals surface area contributed by atoms with E-state index >= 15 is 0 Å². The lowest BCUT2D eigenvalue weighted by Crippen LogP contribution is -2.43. The van der Waals surface area contributed by atoms with Crippen LogP contribution in [0.1, 0.15) is 50.9 Å². The maximum absolute atomic E-state index is 12.1. The third kappa shape index (κ3) is 5.21. The van der Waals surface area contributed by atoms with Crippen molar-refractivity contribution in [3.63, 3.8) is 0 Å². The van der Waals surface area contributed by atoms with Crippen LogP contribution < -0.4 is 11.1 Å². The lowest BCUT2D eigenvalue weighted by Gasteiger charge is -2.28. The highest BCUT2D eigenvalue weighted by Crippen LogP contribution is 2.14. The summed E-state index contributed by atoms with van der Waals surface area (Å²) in [4.78, 5) is 12.1. The minimum atomic E-state index is -0.541. The van der Waals surface area contributed by atoms with Gasteiger partial charge in [0.25, 0.3) is 0 Å². The van der Waals surface area contributed by atoms with E-state index in [0.29, 0.717) is 23.8 Å². The summed E-state index contributed by atoms with van der Waals surface area (Å²) in [5, 5.41) is 3.43. The summed E-state index contributed by atoms with van der Waals surface area (Å²) < 4.78 is 5.56. The number of nitrogens with two attached hydrogens (primary N) is 1. The standard InChI is InChI=1S/C16H26N2O2/c1-5-14(6-2)18-11-16(3,4)20-15(19)12-7-9-13(17)10-8-12/h7-10,14,18H,5-6,11,17H2,1-4H3. The molecule has 4 nitrogen and oxygen atoms in total. The number of nitrogens with one attached hydrogen (secondary N) is 1. The molecular weight excluding hydrogens is 252 g/mol. The SMILES string of the molecule is CCC(CC)NCC(C)(C)OC(=O)c1ccc(N)cc1. The van der Waals surface area contributed by atoms with Gasteiger partial charge < -0.3 is 15.8 Å². The summed E-state index contributed by atoms with van der Waals surface area (Å²) in [6.45, 7) is 8.76. The predicted molar refractivity (Wildman–Crippen MR) is 82.7 cm³/mol. The van der Waals surface area contributed by atoms with E-state index < -0.39 is 5.60 Å². The highest BCUT2D eigenvalue weighted by Gasteiger charge is 2.24. The second-order valence-electron chi connectivity index (χ2n) is 5.67. The van der Waals surface area contributed by atoms with Gasteiger partial charge in [0.1, 0.15) is 5.60 Å². The molecule has 1 rings (SSSR count). The van der Waals surface area contributed by atoms with E-state index in [9.17, 15) is 4.79 Å². The number of hydrogen-bond donors (Lipinski definition) is 2. The molecule has 0 aliphatic carbocycles. The summed E-state index contributed by atoms with van der Waals surface area (Å²) in [6, 6.07) is 7.23. The second-order valence-corrected chi connectivity index (χ2v) is 5.67. The average Bonchev–Trinajstić information content (AvgIpc) is 2.40. The van der Waals surface area contributed by atoms with Crippen LogP contribution in [-0.2, 0) is 4.74 Å². The first-order valence-electron chi connectivity index (χ1n) is 7.20. The maximum Gasteiger partial charge on any atom is 0.338 e. The molecule has 0 atom stereocenters. The van der Waals surface area contributed by atoms with Gasteiger partial charge >= 0.3 is 5.97 Å².